The van der Waals surface area contributed by atoms with Crippen molar-refractivity contribution in [3.8, 4) is 0 Å². The van der Waals surface area contributed by atoms with Crippen LogP contribution >= 0.6 is 0 Å². The first-order valence-electron chi connectivity index (χ1n) is 9.20. The van der Waals surface area contributed by atoms with E-state index < -0.39 is 16.6 Å². The van der Waals surface area contributed by atoms with E-state index in [9.17, 15) is 19.7 Å². The molecule has 0 aromatic heterocycles. The van der Waals surface area contributed by atoms with Gasteiger partial charge in [0.2, 0.25) is 5.91 Å². The Morgan fingerprint density at radius 3 is 2.32 bits per heavy atom. The molecule has 1 aromatic carbocycles. The third kappa shape index (κ3) is 5.58. The van der Waals surface area contributed by atoms with E-state index in [4.69, 9.17) is 4.74 Å². The topological polar surface area (TPSA) is 96.2 Å². The summed E-state index contributed by atoms with van der Waals surface area (Å²) < 4.78 is 5.37. The van der Waals surface area contributed by atoms with Gasteiger partial charge >= 0.3 is 6.09 Å². The minimum atomic E-state index is -0.625. The SMILES string of the molecule is CC(=O)N1CCN(c2ccc([N+](=O)[O-])cc2CN(C)C(=O)OC(C)(C)C)CC1. The molecule has 1 aromatic rings. The monoisotopic (exact) mass is 392 g/mol. The largest absolute Gasteiger partial charge is 0.444 e. The van der Waals surface area contributed by atoms with Gasteiger partial charge in [0.05, 0.1) is 11.5 Å². The summed E-state index contributed by atoms with van der Waals surface area (Å²) in [6, 6.07) is 4.66. The second kappa shape index (κ2) is 8.45. The highest BCUT2D eigenvalue weighted by atomic mass is 16.6. The molecular formula is C19H28N4O5. The summed E-state index contributed by atoms with van der Waals surface area (Å²) >= 11 is 0. The number of piperazine rings is 1. The van der Waals surface area contributed by atoms with Gasteiger partial charge in [-0.2, -0.15) is 0 Å². The van der Waals surface area contributed by atoms with Crippen molar-refractivity contribution < 1.29 is 19.2 Å². The predicted octanol–water partition coefficient (Wildman–Crippen LogP) is 2.63. The highest BCUT2D eigenvalue weighted by Gasteiger charge is 2.25. The summed E-state index contributed by atoms with van der Waals surface area (Å²) in [4.78, 5) is 39.9. The summed E-state index contributed by atoms with van der Waals surface area (Å²) in [6.07, 6.45) is -0.494. The summed E-state index contributed by atoms with van der Waals surface area (Å²) in [6.45, 7) is 9.51. The number of hydrogen-bond donors (Lipinski definition) is 0. The number of non-ortho nitro benzene ring substituents is 1. The Morgan fingerprint density at radius 2 is 1.82 bits per heavy atom. The minimum Gasteiger partial charge on any atom is -0.444 e. The molecule has 0 unspecified atom stereocenters. The van der Waals surface area contributed by atoms with Crippen LogP contribution in [0.4, 0.5) is 16.2 Å². The molecule has 1 aliphatic rings. The van der Waals surface area contributed by atoms with Crippen LogP contribution in [0.3, 0.4) is 0 Å². The Bertz CT molecular complexity index is 751. The van der Waals surface area contributed by atoms with Gasteiger partial charge in [0.25, 0.3) is 5.69 Å². The third-order valence-corrected chi connectivity index (χ3v) is 4.45. The second-order valence-corrected chi connectivity index (χ2v) is 7.90. The minimum absolute atomic E-state index is 0.0290. The van der Waals surface area contributed by atoms with Gasteiger partial charge in [-0.1, -0.05) is 0 Å². The Morgan fingerprint density at radius 1 is 1.21 bits per heavy atom. The molecule has 0 bridgehead atoms. The lowest BCUT2D eigenvalue weighted by Gasteiger charge is -2.37. The molecule has 0 N–H and O–H groups in total. The molecule has 2 rings (SSSR count). The van der Waals surface area contributed by atoms with Crippen LogP contribution in [0.25, 0.3) is 0 Å². The molecular weight excluding hydrogens is 364 g/mol. The fourth-order valence-electron chi connectivity index (χ4n) is 3.04. The van der Waals surface area contributed by atoms with Crippen molar-refractivity contribution in [3.63, 3.8) is 0 Å². The van der Waals surface area contributed by atoms with Gasteiger partial charge < -0.3 is 19.4 Å². The number of carbonyl (C=O) groups is 2. The van der Waals surface area contributed by atoms with Crippen molar-refractivity contribution in [2.45, 2.75) is 39.8 Å². The van der Waals surface area contributed by atoms with Crippen LogP contribution in [-0.2, 0) is 16.1 Å². The molecule has 1 fully saturated rings. The number of nitro groups is 1. The standard InChI is InChI=1S/C19H28N4O5/c1-14(24)21-8-10-22(11-9-21)17-7-6-16(23(26)27)12-15(17)13-20(5)18(25)28-19(2,3)4/h6-7,12H,8-11,13H2,1-5H3. The Kier molecular flexibility index (Phi) is 6.48. The zero-order valence-corrected chi connectivity index (χ0v) is 17.1. The number of nitrogens with zero attached hydrogens (tertiary/aromatic N) is 4. The zero-order valence-electron chi connectivity index (χ0n) is 17.1. The number of carbonyl (C=O) groups excluding carboxylic acids is 2. The van der Waals surface area contributed by atoms with Crippen LogP contribution in [0.5, 0.6) is 0 Å². The van der Waals surface area contributed by atoms with E-state index in [1.807, 2.05) is 0 Å². The van der Waals surface area contributed by atoms with Gasteiger partial charge in [-0.05, 0) is 26.8 Å². The van der Waals surface area contributed by atoms with Crippen molar-refractivity contribution in [1.82, 2.24) is 9.80 Å². The maximum absolute atomic E-state index is 12.3. The summed E-state index contributed by atoms with van der Waals surface area (Å²) in [5, 5.41) is 11.2. The Labute approximate surface area is 165 Å². The van der Waals surface area contributed by atoms with E-state index in [2.05, 4.69) is 4.90 Å². The fraction of sp³-hybridized carbons (Fsp3) is 0.579. The Hall–Kier alpha value is -2.84. The van der Waals surface area contributed by atoms with E-state index in [0.717, 1.165) is 5.69 Å². The van der Waals surface area contributed by atoms with Gasteiger partial charge in [-0.15, -0.1) is 0 Å². The molecule has 1 saturated heterocycles. The molecule has 154 valence electrons. The highest BCUT2D eigenvalue weighted by Crippen LogP contribution is 2.28. The van der Waals surface area contributed by atoms with Crippen LogP contribution in [-0.4, -0.2) is 65.6 Å². The average molecular weight is 392 g/mol. The van der Waals surface area contributed by atoms with Crippen molar-refractivity contribution in [2.24, 2.45) is 0 Å². The average Bonchev–Trinajstić information content (AvgIpc) is 2.60. The molecule has 1 heterocycles. The van der Waals surface area contributed by atoms with Crippen LogP contribution in [0.15, 0.2) is 18.2 Å². The molecule has 0 aliphatic carbocycles. The molecule has 2 amide bonds. The summed E-state index contributed by atoms with van der Waals surface area (Å²) in [7, 11) is 1.60. The first-order chi connectivity index (χ1) is 13.0. The lowest BCUT2D eigenvalue weighted by Crippen LogP contribution is -2.48. The number of ether oxygens (including phenoxy) is 1. The number of benzene rings is 1. The molecule has 0 saturated carbocycles. The lowest BCUT2D eigenvalue weighted by molar-refractivity contribution is -0.384. The predicted molar refractivity (Wildman–Crippen MR) is 105 cm³/mol. The smallest absolute Gasteiger partial charge is 0.410 e. The summed E-state index contributed by atoms with van der Waals surface area (Å²) in [5.74, 6) is 0.0354. The van der Waals surface area contributed by atoms with E-state index in [0.29, 0.717) is 31.7 Å². The molecule has 9 nitrogen and oxygen atoms in total. The van der Waals surface area contributed by atoms with Gasteiger partial charge in [-0.3, -0.25) is 14.9 Å². The van der Waals surface area contributed by atoms with Crippen LogP contribution in [0.1, 0.15) is 33.3 Å². The van der Waals surface area contributed by atoms with Gasteiger partial charge in [-0.25, -0.2) is 4.79 Å². The van der Waals surface area contributed by atoms with Crippen molar-refractivity contribution in [3.05, 3.63) is 33.9 Å². The number of amides is 2. The molecule has 0 spiro atoms. The van der Waals surface area contributed by atoms with Gasteiger partial charge in [0.15, 0.2) is 0 Å². The first kappa shape index (κ1) is 21.5. The molecule has 0 atom stereocenters. The molecule has 9 heteroatoms. The third-order valence-electron chi connectivity index (χ3n) is 4.45. The zero-order chi connectivity index (χ0) is 21.1. The first-order valence-corrected chi connectivity index (χ1v) is 9.20. The molecule has 0 radical (unpaired) electrons. The maximum Gasteiger partial charge on any atom is 0.410 e. The van der Waals surface area contributed by atoms with Crippen molar-refractivity contribution in [1.29, 1.82) is 0 Å². The van der Waals surface area contributed by atoms with E-state index in [-0.39, 0.29) is 18.1 Å². The molecule has 1 aliphatic heterocycles. The highest BCUT2D eigenvalue weighted by molar-refractivity contribution is 5.73. The van der Waals surface area contributed by atoms with Crippen LogP contribution < -0.4 is 4.90 Å². The van der Waals surface area contributed by atoms with Gasteiger partial charge in [0, 0.05) is 63.5 Å². The number of anilines is 1. The molecule has 28 heavy (non-hydrogen) atoms. The van der Waals surface area contributed by atoms with Crippen molar-refractivity contribution in [2.75, 3.05) is 38.1 Å². The number of nitro benzene ring substituents is 1. The van der Waals surface area contributed by atoms with Crippen molar-refractivity contribution >= 4 is 23.4 Å². The van der Waals surface area contributed by atoms with E-state index in [1.165, 1.54) is 17.0 Å². The van der Waals surface area contributed by atoms with Gasteiger partial charge in [0.1, 0.15) is 5.60 Å². The normalized spacial score (nSPS) is 14.6. The number of rotatable bonds is 4. The van der Waals surface area contributed by atoms with E-state index >= 15 is 0 Å². The van der Waals surface area contributed by atoms with E-state index in [1.54, 1.807) is 45.7 Å². The Balaban J connectivity index is 2.23. The lowest BCUT2D eigenvalue weighted by atomic mass is 10.1. The summed E-state index contributed by atoms with van der Waals surface area (Å²) in [5.41, 5.74) is 0.835. The second-order valence-electron chi connectivity index (χ2n) is 7.90. The fourth-order valence-corrected chi connectivity index (χ4v) is 3.04. The quantitative estimate of drug-likeness (QED) is 0.577. The van der Waals surface area contributed by atoms with Crippen LogP contribution in [0, 0.1) is 10.1 Å². The number of hydrogen-bond acceptors (Lipinski definition) is 6. The maximum atomic E-state index is 12.3. The van der Waals surface area contributed by atoms with Crippen LogP contribution in [0.2, 0.25) is 0 Å².